The average molecular weight is 530 g/mol. The molecule has 1 N–H and O–H groups in total. The van der Waals surface area contributed by atoms with Gasteiger partial charge in [0.05, 0.1) is 11.9 Å². The van der Waals surface area contributed by atoms with Crippen molar-refractivity contribution in [3.63, 3.8) is 0 Å². The molecule has 0 aliphatic rings. The number of nitrogens with zero attached hydrogens (tertiary/aromatic N) is 2. The molecule has 0 aromatic heterocycles. The average Bonchev–Trinajstić information content (AvgIpc) is 2.86. The number of amides is 2. The van der Waals surface area contributed by atoms with E-state index in [0.29, 0.717) is 25.1 Å². The minimum atomic E-state index is -3.51. The van der Waals surface area contributed by atoms with E-state index >= 15 is 0 Å². The highest BCUT2D eigenvalue weighted by atomic mass is 32.2. The summed E-state index contributed by atoms with van der Waals surface area (Å²) >= 11 is 0. The van der Waals surface area contributed by atoms with Crippen LogP contribution in [-0.2, 0) is 32.6 Å². The van der Waals surface area contributed by atoms with Gasteiger partial charge >= 0.3 is 0 Å². The van der Waals surface area contributed by atoms with Crippen molar-refractivity contribution in [2.45, 2.75) is 85.4 Å². The summed E-state index contributed by atoms with van der Waals surface area (Å²) in [6.45, 7) is 10.4. The second kappa shape index (κ2) is 14.2. The van der Waals surface area contributed by atoms with Crippen molar-refractivity contribution < 1.29 is 18.0 Å². The highest BCUT2D eigenvalue weighted by Crippen LogP contribution is 2.21. The summed E-state index contributed by atoms with van der Waals surface area (Å²) in [5.41, 5.74) is 3.78. The third kappa shape index (κ3) is 9.18. The van der Waals surface area contributed by atoms with Crippen molar-refractivity contribution in [3.05, 3.63) is 65.2 Å². The molecule has 7 nitrogen and oxygen atoms in total. The van der Waals surface area contributed by atoms with Crippen LogP contribution in [0, 0.1) is 6.92 Å². The van der Waals surface area contributed by atoms with Crippen LogP contribution in [0.15, 0.2) is 48.5 Å². The van der Waals surface area contributed by atoms with Crippen LogP contribution in [0.5, 0.6) is 0 Å². The topological polar surface area (TPSA) is 86.8 Å². The van der Waals surface area contributed by atoms with Crippen LogP contribution in [0.2, 0.25) is 0 Å². The van der Waals surface area contributed by atoms with Gasteiger partial charge in [-0.05, 0) is 62.8 Å². The number of anilines is 1. The molecule has 2 amide bonds. The first kappa shape index (κ1) is 30.4. The zero-order valence-corrected chi connectivity index (χ0v) is 24.0. The molecule has 0 saturated carbocycles. The van der Waals surface area contributed by atoms with E-state index in [9.17, 15) is 18.0 Å². The summed E-state index contributed by atoms with van der Waals surface area (Å²) < 4.78 is 26.4. The first-order valence-electron chi connectivity index (χ1n) is 13.2. The van der Waals surface area contributed by atoms with Gasteiger partial charge in [-0.25, -0.2) is 8.42 Å². The monoisotopic (exact) mass is 529 g/mol. The van der Waals surface area contributed by atoms with E-state index in [4.69, 9.17) is 0 Å². The lowest BCUT2D eigenvalue weighted by atomic mass is 10.1. The van der Waals surface area contributed by atoms with Crippen molar-refractivity contribution in [3.8, 4) is 0 Å². The predicted molar refractivity (Wildman–Crippen MR) is 151 cm³/mol. The van der Waals surface area contributed by atoms with Crippen LogP contribution in [0.1, 0.15) is 70.1 Å². The van der Waals surface area contributed by atoms with Gasteiger partial charge in [-0.2, -0.15) is 0 Å². The number of nitrogens with one attached hydrogen (secondary N) is 1. The van der Waals surface area contributed by atoms with Crippen LogP contribution in [0.4, 0.5) is 5.69 Å². The van der Waals surface area contributed by atoms with Crippen molar-refractivity contribution in [1.29, 1.82) is 0 Å². The number of hydrogen-bond donors (Lipinski definition) is 1. The largest absolute Gasteiger partial charge is 0.352 e. The Morgan fingerprint density at radius 3 is 2.03 bits per heavy atom. The van der Waals surface area contributed by atoms with E-state index in [2.05, 4.69) is 5.32 Å². The maximum absolute atomic E-state index is 13.5. The lowest BCUT2D eigenvalue weighted by molar-refractivity contribution is -0.141. The molecule has 2 aromatic carbocycles. The summed E-state index contributed by atoms with van der Waals surface area (Å²) in [6.07, 6.45) is 3.81. The Bertz CT molecular complexity index is 1110. The molecule has 0 unspecified atom stereocenters. The molecule has 0 heterocycles. The highest BCUT2D eigenvalue weighted by molar-refractivity contribution is 7.92. The number of hydrogen-bond acceptors (Lipinski definition) is 4. The van der Waals surface area contributed by atoms with Crippen LogP contribution in [0.3, 0.4) is 0 Å². The molecule has 204 valence electrons. The summed E-state index contributed by atoms with van der Waals surface area (Å²) in [5, 5.41) is 3.02. The summed E-state index contributed by atoms with van der Waals surface area (Å²) in [5.74, 6) is -0.326. The Morgan fingerprint density at radius 2 is 1.51 bits per heavy atom. The molecule has 0 radical (unpaired) electrons. The molecule has 2 aromatic rings. The minimum absolute atomic E-state index is 0.0142. The zero-order chi connectivity index (χ0) is 27.6. The van der Waals surface area contributed by atoms with Crippen molar-refractivity contribution in [1.82, 2.24) is 10.2 Å². The van der Waals surface area contributed by atoms with E-state index in [-0.39, 0.29) is 30.8 Å². The fourth-order valence-corrected chi connectivity index (χ4v) is 5.12. The third-order valence-corrected chi connectivity index (χ3v) is 7.84. The first-order chi connectivity index (χ1) is 17.5. The Labute approximate surface area is 223 Å². The molecular weight excluding hydrogens is 486 g/mol. The van der Waals surface area contributed by atoms with Gasteiger partial charge in [0.25, 0.3) is 0 Å². The summed E-state index contributed by atoms with van der Waals surface area (Å²) in [7, 11) is -3.51. The van der Waals surface area contributed by atoms with Crippen molar-refractivity contribution in [2.75, 3.05) is 17.1 Å². The highest BCUT2D eigenvalue weighted by Gasteiger charge is 2.29. The fraction of sp³-hybridized carbons (Fsp3) is 0.517. The van der Waals surface area contributed by atoms with Crippen molar-refractivity contribution in [2.24, 2.45) is 0 Å². The van der Waals surface area contributed by atoms with E-state index in [1.54, 1.807) is 17.0 Å². The first-order valence-corrected chi connectivity index (χ1v) is 15.1. The van der Waals surface area contributed by atoms with Crippen molar-refractivity contribution >= 4 is 27.5 Å². The molecule has 0 bridgehead atoms. The maximum atomic E-state index is 13.5. The quantitative estimate of drug-likeness (QED) is 0.380. The van der Waals surface area contributed by atoms with Crippen LogP contribution < -0.4 is 9.62 Å². The minimum Gasteiger partial charge on any atom is -0.352 e. The molecule has 37 heavy (non-hydrogen) atoms. The van der Waals surface area contributed by atoms with Crippen LogP contribution in [-0.4, -0.2) is 50.0 Å². The van der Waals surface area contributed by atoms with Gasteiger partial charge in [0.15, 0.2) is 0 Å². The van der Waals surface area contributed by atoms with Crippen LogP contribution in [0.25, 0.3) is 0 Å². The van der Waals surface area contributed by atoms with E-state index in [1.165, 1.54) is 10.6 Å². The number of rotatable bonds is 14. The Kier molecular flexibility index (Phi) is 11.6. The number of carbonyl (C=O) groups excluding carboxylic acids is 2. The predicted octanol–water partition coefficient (Wildman–Crippen LogP) is 4.83. The van der Waals surface area contributed by atoms with Gasteiger partial charge in [0.2, 0.25) is 21.8 Å². The van der Waals surface area contributed by atoms with Gasteiger partial charge in [-0.3, -0.25) is 13.9 Å². The molecule has 8 heteroatoms. The molecule has 0 aliphatic carbocycles. The summed E-state index contributed by atoms with van der Waals surface area (Å²) in [6, 6.07) is 14.8. The number of aryl methyl sites for hydroxylation is 2. The number of benzene rings is 2. The fourth-order valence-electron chi connectivity index (χ4n) is 4.15. The normalized spacial score (nSPS) is 13.0. The summed E-state index contributed by atoms with van der Waals surface area (Å²) in [4.78, 5) is 28.2. The molecule has 2 rings (SSSR count). The number of carbonyl (C=O) groups is 2. The molecule has 0 aliphatic heterocycles. The molecule has 2 atom stereocenters. The van der Waals surface area contributed by atoms with Gasteiger partial charge in [-0.1, -0.05) is 62.7 Å². The van der Waals surface area contributed by atoms with E-state index < -0.39 is 16.1 Å². The molecular formula is C29H43N3O4S. The zero-order valence-electron chi connectivity index (χ0n) is 23.2. The van der Waals surface area contributed by atoms with Gasteiger partial charge in [0.1, 0.15) is 6.04 Å². The molecule has 0 fully saturated rings. The van der Waals surface area contributed by atoms with E-state index in [1.807, 2.05) is 71.0 Å². The molecule has 0 saturated heterocycles. The lowest BCUT2D eigenvalue weighted by Crippen LogP contribution is -2.50. The second-order valence-corrected chi connectivity index (χ2v) is 11.6. The Hall–Kier alpha value is -2.87. The number of sulfonamides is 1. The van der Waals surface area contributed by atoms with Gasteiger partial charge in [-0.15, -0.1) is 0 Å². The Morgan fingerprint density at radius 1 is 0.919 bits per heavy atom. The van der Waals surface area contributed by atoms with E-state index in [0.717, 1.165) is 29.5 Å². The SMILES string of the molecule is CCc1ccc(N(CCCC(=O)N(Cc2ccc(C)cc2)[C@@H](CC)C(=O)N[C@H](C)CC)S(C)(=O)=O)cc1. The molecule has 0 spiro atoms. The Balaban J connectivity index is 2.21. The second-order valence-electron chi connectivity index (χ2n) is 9.71. The van der Waals surface area contributed by atoms with Gasteiger partial charge < -0.3 is 10.2 Å². The lowest BCUT2D eigenvalue weighted by Gasteiger charge is -2.32. The smallest absolute Gasteiger partial charge is 0.243 e. The maximum Gasteiger partial charge on any atom is 0.243 e. The van der Waals surface area contributed by atoms with Crippen LogP contribution >= 0.6 is 0 Å². The standard InChI is InChI=1S/C29H43N3O4S/c1-7-23(5)30-29(34)27(9-3)31(21-25-14-12-22(4)13-15-25)28(33)11-10-20-32(37(6,35)36)26-18-16-24(8-2)17-19-26/h12-19,23,27H,7-11,20-21H2,1-6H3,(H,30,34)/t23-,27+/m1/s1. The third-order valence-electron chi connectivity index (χ3n) is 6.65. The van der Waals surface area contributed by atoms with Gasteiger partial charge in [0, 0.05) is 25.6 Å².